The molecule has 0 amide bonds. The Bertz CT molecular complexity index is 349. The van der Waals surface area contributed by atoms with E-state index in [2.05, 4.69) is 24.5 Å². The number of esters is 2. The van der Waals surface area contributed by atoms with Gasteiger partial charge >= 0.3 is 11.9 Å². The number of carbonyl (C=O) groups is 2. The summed E-state index contributed by atoms with van der Waals surface area (Å²) in [5, 5.41) is 0. The standard InChI is InChI=1S/C12H14O3/c1-6-10(7-2)9(5)12(14)15-11(13)8(3)4/h6-7H,1-3H2,4-5H3. The minimum Gasteiger partial charge on any atom is -0.386 e. The predicted molar refractivity (Wildman–Crippen MR) is 59.0 cm³/mol. The van der Waals surface area contributed by atoms with E-state index in [4.69, 9.17) is 0 Å². The van der Waals surface area contributed by atoms with E-state index in [0.717, 1.165) is 0 Å². The first-order valence-electron chi connectivity index (χ1n) is 4.31. The van der Waals surface area contributed by atoms with Crippen molar-refractivity contribution in [1.82, 2.24) is 0 Å². The quantitative estimate of drug-likeness (QED) is 0.307. The van der Waals surface area contributed by atoms with Gasteiger partial charge in [-0.15, -0.1) is 0 Å². The van der Waals surface area contributed by atoms with Gasteiger partial charge in [-0.3, -0.25) is 0 Å². The van der Waals surface area contributed by atoms with Gasteiger partial charge in [-0.2, -0.15) is 0 Å². The molecule has 0 bridgehead atoms. The minimum absolute atomic E-state index is 0.176. The molecule has 0 unspecified atom stereocenters. The molecule has 0 N–H and O–H groups in total. The van der Waals surface area contributed by atoms with E-state index in [9.17, 15) is 9.59 Å². The molecule has 0 rings (SSSR count). The summed E-state index contributed by atoms with van der Waals surface area (Å²) >= 11 is 0. The van der Waals surface area contributed by atoms with Crippen molar-refractivity contribution in [3.8, 4) is 0 Å². The summed E-state index contributed by atoms with van der Waals surface area (Å²) in [5.41, 5.74) is 0.999. The highest BCUT2D eigenvalue weighted by Gasteiger charge is 2.14. The number of carbonyl (C=O) groups excluding carboxylic acids is 2. The Hall–Kier alpha value is -1.90. The van der Waals surface area contributed by atoms with Crippen molar-refractivity contribution in [3.05, 3.63) is 48.6 Å². The Kier molecular flexibility index (Phi) is 5.02. The van der Waals surface area contributed by atoms with Crippen LogP contribution >= 0.6 is 0 Å². The first-order chi connectivity index (χ1) is 6.93. The molecule has 0 heterocycles. The van der Waals surface area contributed by atoms with Crippen molar-refractivity contribution in [1.29, 1.82) is 0 Å². The molecule has 0 atom stereocenters. The van der Waals surface area contributed by atoms with Gasteiger partial charge in [-0.25, -0.2) is 9.59 Å². The van der Waals surface area contributed by atoms with Crippen molar-refractivity contribution in [2.75, 3.05) is 0 Å². The summed E-state index contributed by atoms with van der Waals surface area (Å²) in [4.78, 5) is 22.4. The maximum Gasteiger partial charge on any atom is 0.342 e. The van der Waals surface area contributed by atoms with E-state index in [-0.39, 0.29) is 11.1 Å². The average molecular weight is 206 g/mol. The molecule has 0 aromatic rings. The molecule has 0 aliphatic carbocycles. The minimum atomic E-state index is -0.730. The summed E-state index contributed by atoms with van der Waals surface area (Å²) in [5.74, 6) is -1.44. The van der Waals surface area contributed by atoms with Gasteiger partial charge < -0.3 is 4.74 Å². The molecule has 0 radical (unpaired) electrons. The smallest absolute Gasteiger partial charge is 0.342 e. The fraction of sp³-hybridized carbons (Fsp3) is 0.167. The van der Waals surface area contributed by atoms with Crippen LogP contribution in [-0.2, 0) is 14.3 Å². The van der Waals surface area contributed by atoms with Crippen molar-refractivity contribution in [2.24, 2.45) is 0 Å². The van der Waals surface area contributed by atoms with E-state index in [1.807, 2.05) is 0 Å². The lowest BCUT2D eigenvalue weighted by Gasteiger charge is -2.04. The van der Waals surface area contributed by atoms with E-state index in [1.54, 1.807) is 0 Å². The lowest BCUT2D eigenvalue weighted by Crippen LogP contribution is -2.14. The third-order valence-corrected chi connectivity index (χ3v) is 1.71. The summed E-state index contributed by atoms with van der Waals surface area (Å²) in [6.45, 7) is 13.4. The van der Waals surface area contributed by atoms with E-state index >= 15 is 0 Å². The van der Waals surface area contributed by atoms with Crippen LogP contribution in [0.4, 0.5) is 0 Å². The second-order valence-corrected chi connectivity index (χ2v) is 2.95. The highest BCUT2D eigenvalue weighted by molar-refractivity contribution is 6.01. The van der Waals surface area contributed by atoms with Gasteiger partial charge in [0, 0.05) is 11.1 Å². The molecular formula is C12H14O3. The average Bonchev–Trinajstić information content (AvgIpc) is 2.19. The molecule has 0 saturated heterocycles. The van der Waals surface area contributed by atoms with Crippen LogP contribution in [0, 0.1) is 0 Å². The predicted octanol–water partition coefficient (Wildman–Crippen LogP) is 2.32. The Morgan fingerprint density at radius 2 is 1.53 bits per heavy atom. The number of hydrogen-bond acceptors (Lipinski definition) is 3. The lowest BCUT2D eigenvalue weighted by molar-refractivity contribution is -0.153. The van der Waals surface area contributed by atoms with E-state index in [0.29, 0.717) is 5.57 Å². The highest BCUT2D eigenvalue weighted by Crippen LogP contribution is 2.09. The number of ether oxygens (including phenoxy) is 1. The van der Waals surface area contributed by atoms with Crippen LogP contribution in [0.25, 0.3) is 0 Å². The molecule has 0 aliphatic rings. The van der Waals surface area contributed by atoms with Crippen LogP contribution in [0.1, 0.15) is 13.8 Å². The van der Waals surface area contributed by atoms with Gasteiger partial charge in [0.05, 0.1) is 0 Å². The number of allylic oxidation sites excluding steroid dienone is 3. The number of rotatable bonds is 4. The highest BCUT2D eigenvalue weighted by atomic mass is 16.6. The van der Waals surface area contributed by atoms with Crippen LogP contribution in [0.2, 0.25) is 0 Å². The SMILES string of the molecule is C=CC(C=C)=C(C)C(=O)OC(=O)C(=C)C. The fourth-order valence-electron chi connectivity index (χ4n) is 0.755. The topological polar surface area (TPSA) is 43.4 Å². The molecule has 0 fully saturated rings. The summed E-state index contributed by atoms with van der Waals surface area (Å²) in [6, 6.07) is 0. The first kappa shape index (κ1) is 13.1. The zero-order valence-corrected chi connectivity index (χ0v) is 9.00. The molecular weight excluding hydrogens is 192 g/mol. The summed E-state index contributed by atoms with van der Waals surface area (Å²) in [6.07, 6.45) is 2.93. The third-order valence-electron chi connectivity index (χ3n) is 1.71. The van der Waals surface area contributed by atoms with Gasteiger partial charge in [0.2, 0.25) is 0 Å². The molecule has 3 nitrogen and oxygen atoms in total. The molecule has 0 spiro atoms. The van der Waals surface area contributed by atoms with Crippen LogP contribution < -0.4 is 0 Å². The molecule has 15 heavy (non-hydrogen) atoms. The second-order valence-electron chi connectivity index (χ2n) is 2.95. The normalized spacial score (nSPS) is 8.67. The molecule has 0 aromatic carbocycles. The zero-order chi connectivity index (χ0) is 12.0. The summed E-state index contributed by atoms with van der Waals surface area (Å²) in [7, 11) is 0. The fourth-order valence-corrected chi connectivity index (χ4v) is 0.755. The van der Waals surface area contributed by atoms with Crippen LogP contribution in [0.3, 0.4) is 0 Å². The van der Waals surface area contributed by atoms with Crippen molar-refractivity contribution >= 4 is 11.9 Å². The van der Waals surface area contributed by atoms with Gasteiger partial charge in [0.15, 0.2) is 0 Å². The Balaban J connectivity index is 4.81. The Labute approximate surface area is 89.4 Å². The maximum absolute atomic E-state index is 11.4. The van der Waals surface area contributed by atoms with Crippen molar-refractivity contribution in [3.63, 3.8) is 0 Å². The van der Waals surface area contributed by atoms with Gasteiger partial charge in [-0.1, -0.05) is 31.9 Å². The molecule has 0 aromatic heterocycles. The first-order valence-corrected chi connectivity index (χ1v) is 4.31. The zero-order valence-electron chi connectivity index (χ0n) is 9.00. The van der Waals surface area contributed by atoms with E-state index in [1.165, 1.54) is 26.0 Å². The van der Waals surface area contributed by atoms with Crippen LogP contribution in [0.5, 0.6) is 0 Å². The monoisotopic (exact) mass is 206 g/mol. The van der Waals surface area contributed by atoms with Crippen molar-refractivity contribution < 1.29 is 14.3 Å². The Morgan fingerprint density at radius 3 is 1.87 bits per heavy atom. The summed E-state index contributed by atoms with van der Waals surface area (Å²) < 4.78 is 4.53. The van der Waals surface area contributed by atoms with Crippen LogP contribution in [0.15, 0.2) is 48.6 Å². The maximum atomic E-state index is 11.4. The lowest BCUT2D eigenvalue weighted by atomic mass is 10.1. The molecule has 80 valence electrons. The number of hydrogen-bond donors (Lipinski definition) is 0. The van der Waals surface area contributed by atoms with E-state index < -0.39 is 11.9 Å². The van der Waals surface area contributed by atoms with Crippen molar-refractivity contribution in [2.45, 2.75) is 13.8 Å². The van der Waals surface area contributed by atoms with Gasteiger partial charge in [0.1, 0.15) is 0 Å². The van der Waals surface area contributed by atoms with Crippen LogP contribution in [-0.4, -0.2) is 11.9 Å². The largest absolute Gasteiger partial charge is 0.386 e. The van der Waals surface area contributed by atoms with Gasteiger partial charge in [0.25, 0.3) is 0 Å². The molecule has 3 heteroatoms. The third kappa shape index (κ3) is 3.77. The Morgan fingerprint density at radius 1 is 1.07 bits per heavy atom. The second kappa shape index (κ2) is 5.75. The molecule has 0 saturated carbocycles. The van der Waals surface area contributed by atoms with Gasteiger partial charge in [-0.05, 0) is 19.4 Å². The molecule has 0 aliphatic heterocycles.